The molecule has 0 aliphatic heterocycles. The number of terminal acetylenes is 1. The van der Waals surface area contributed by atoms with Crippen LogP contribution < -0.4 is 4.72 Å². The van der Waals surface area contributed by atoms with Gasteiger partial charge in [-0.15, -0.1) is 6.42 Å². The third-order valence-electron chi connectivity index (χ3n) is 1.07. The molecule has 5 heteroatoms. The van der Waals surface area contributed by atoms with Gasteiger partial charge in [-0.25, -0.2) is 8.42 Å². The van der Waals surface area contributed by atoms with Gasteiger partial charge < -0.3 is 0 Å². The molecule has 0 heterocycles. The zero-order valence-electron chi connectivity index (χ0n) is 6.17. The van der Waals surface area contributed by atoms with Crippen molar-refractivity contribution in [3.63, 3.8) is 0 Å². The lowest BCUT2D eigenvalue weighted by Crippen LogP contribution is -2.33. The second kappa shape index (κ2) is 4.75. The standard InChI is InChI=1S/C6H10BrNO2S/c1-3-6(4-2)8-11(9,10)5-7/h1,6,8H,4-5H2,2H3. The molecule has 1 unspecified atom stereocenters. The summed E-state index contributed by atoms with van der Waals surface area (Å²) in [6.07, 6.45) is 5.65. The Morgan fingerprint density at radius 3 is 2.55 bits per heavy atom. The average Bonchev–Trinajstić information content (AvgIpc) is 2.00. The lowest BCUT2D eigenvalue weighted by molar-refractivity contribution is 0.576. The molecule has 0 aromatic heterocycles. The summed E-state index contributed by atoms with van der Waals surface area (Å²) in [6, 6.07) is -0.391. The van der Waals surface area contributed by atoms with Crippen LogP contribution in [-0.4, -0.2) is 19.1 Å². The molecule has 0 aromatic rings. The molecule has 0 radical (unpaired) electrons. The third-order valence-corrected chi connectivity index (χ3v) is 3.81. The van der Waals surface area contributed by atoms with Crippen molar-refractivity contribution < 1.29 is 8.42 Å². The fraction of sp³-hybridized carbons (Fsp3) is 0.667. The second-order valence-corrected chi connectivity index (χ2v) is 5.03. The van der Waals surface area contributed by atoms with Crippen molar-refractivity contribution in [3.8, 4) is 12.3 Å². The predicted octanol–water partition coefficient (Wildman–Crippen LogP) is 0.670. The Labute approximate surface area is 75.7 Å². The number of alkyl halides is 1. The van der Waals surface area contributed by atoms with Crippen LogP contribution in [0, 0.1) is 12.3 Å². The lowest BCUT2D eigenvalue weighted by atomic mass is 10.3. The number of nitrogens with one attached hydrogen (secondary N) is 1. The van der Waals surface area contributed by atoms with Gasteiger partial charge in [-0.3, -0.25) is 0 Å². The number of sulfonamides is 1. The van der Waals surface area contributed by atoms with Crippen LogP contribution in [0.5, 0.6) is 0 Å². The highest BCUT2D eigenvalue weighted by Crippen LogP contribution is 1.96. The van der Waals surface area contributed by atoms with Crippen LogP contribution in [0.2, 0.25) is 0 Å². The second-order valence-electron chi connectivity index (χ2n) is 1.97. The van der Waals surface area contributed by atoms with Gasteiger partial charge in [0.2, 0.25) is 10.0 Å². The van der Waals surface area contributed by atoms with Gasteiger partial charge in [-0.1, -0.05) is 28.8 Å². The molecule has 0 aliphatic carbocycles. The first kappa shape index (κ1) is 11.0. The Hall–Kier alpha value is -0.0500. The van der Waals surface area contributed by atoms with E-state index in [1.54, 1.807) is 0 Å². The van der Waals surface area contributed by atoms with E-state index in [4.69, 9.17) is 6.42 Å². The summed E-state index contributed by atoms with van der Waals surface area (Å²) in [4.78, 5) is 0. The summed E-state index contributed by atoms with van der Waals surface area (Å²) in [5.41, 5.74) is 0. The predicted molar refractivity (Wildman–Crippen MR) is 48.8 cm³/mol. The maximum atomic E-state index is 10.9. The van der Waals surface area contributed by atoms with Crippen molar-refractivity contribution in [2.24, 2.45) is 0 Å². The number of hydrogen-bond donors (Lipinski definition) is 1. The summed E-state index contributed by atoms with van der Waals surface area (Å²) in [5.74, 6) is 2.33. The van der Waals surface area contributed by atoms with Crippen LogP contribution in [0.25, 0.3) is 0 Å². The van der Waals surface area contributed by atoms with Crippen molar-refractivity contribution in [3.05, 3.63) is 0 Å². The molecule has 3 nitrogen and oxygen atoms in total. The van der Waals surface area contributed by atoms with Crippen LogP contribution in [0.4, 0.5) is 0 Å². The molecule has 0 spiro atoms. The molecule has 64 valence electrons. The van der Waals surface area contributed by atoms with Gasteiger partial charge in [0.15, 0.2) is 0 Å². The third kappa shape index (κ3) is 4.40. The van der Waals surface area contributed by atoms with Crippen molar-refractivity contribution in [1.82, 2.24) is 4.72 Å². The van der Waals surface area contributed by atoms with Gasteiger partial charge in [0.1, 0.15) is 4.66 Å². The molecule has 11 heavy (non-hydrogen) atoms. The first-order valence-electron chi connectivity index (χ1n) is 3.07. The largest absolute Gasteiger partial charge is 0.222 e. The molecule has 0 aromatic carbocycles. The van der Waals surface area contributed by atoms with Crippen molar-refractivity contribution in [2.75, 3.05) is 4.66 Å². The van der Waals surface area contributed by atoms with E-state index in [9.17, 15) is 8.42 Å². The molecule has 0 rings (SSSR count). The van der Waals surface area contributed by atoms with E-state index in [2.05, 4.69) is 26.6 Å². The Bertz CT molecular complexity index is 242. The fourth-order valence-electron chi connectivity index (χ4n) is 0.483. The average molecular weight is 240 g/mol. The van der Waals surface area contributed by atoms with Gasteiger partial charge in [-0.2, -0.15) is 4.72 Å². The van der Waals surface area contributed by atoms with Crippen molar-refractivity contribution in [1.29, 1.82) is 0 Å². The molecule has 0 bridgehead atoms. The Morgan fingerprint density at radius 2 is 2.27 bits per heavy atom. The van der Waals surface area contributed by atoms with E-state index in [0.29, 0.717) is 6.42 Å². The smallest absolute Gasteiger partial charge is 0.212 e. The van der Waals surface area contributed by atoms with E-state index in [1.165, 1.54) is 0 Å². The minimum atomic E-state index is -3.22. The summed E-state index contributed by atoms with van der Waals surface area (Å²) in [6.45, 7) is 1.82. The van der Waals surface area contributed by atoms with Gasteiger partial charge >= 0.3 is 0 Å². The monoisotopic (exact) mass is 239 g/mol. The molecule has 0 aliphatic rings. The highest BCUT2D eigenvalue weighted by atomic mass is 79.9. The Balaban J connectivity index is 4.15. The SMILES string of the molecule is C#CC(CC)NS(=O)(=O)CBr. The first-order chi connectivity index (χ1) is 5.05. The van der Waals surface area contributed by atoms with E-state index in [0.717, 1.165) is 0 Å². The molecule has 0 saturated carbocycles. The lowest BCUT2D eigenvalue weighted by Gasteiger charge is -2.08. The quantitative estimate of drug-likeness (QED) is 0.580. The molecule has 1 N–H and O–H groups in total. The van der Waals surface area contributed by atoms with Gasteiger partial charge in [0, 0.05) is 0 Å². The van der Waals surface area contributed by atoms with E-state index >= 15 is 0 Å². The summed E-state index contributed by atoms with van der Waals surface area (Å²) in [5, 5.41) is 0. The maximum absolute atomic E-state index is 10.9. The number of hydrogen-bond acceptors (Lipinski definition) is 2. The minimum Gasteiger partial charge on any atom is -0.212 e. The van der Waals surface area contributed by atoms with Crippen LogP contribution in [0.1, 0.15) is 13.3 Å². The molecule has 1 atom stereocenters. The van der Waals surface area contributed by atoms with E-state index in [1.807, 2.05) is 6.92 Å². The fourth-order valence-corrected chi connectivity index (χ4v) is 1.61. The highest BCUT2D eigenvalue weighted by molar-refractivity contribution is 9.10. The molecular formula is C6H10BrNO2S. The molecule has 0 fully saturated rings. The van der Waals surface area contributed by atoms with Gasteiger partial charge in [0.05, 0.1) is 6.04 Å². The molecule has 0 saturated heterocycles. The van der Waals surface area contributed by atoms with Gasteiger partial charge in [-0.05, 0) is 6.42 Å². The summed E-state index contributed by atoms with van der Waals surface area (Å²) < 4.78 is 24.0. The highest BCUT2D eigenvalue weighted by Gasteiger charge is 2.11. The van der Waals surface area contributed by atoms with Crippen LogP contribution >= 0.6 is 15.9 Å². The van der Waals surface area contributed by atoms with E-state index < -0.39 is 16.1 Å². The maximum Gasteiger partial charge on any atom is 0.222 e. The zero-order valence-corrected chi connectivity index (χ0v) is 8.57. The van der Waals surface area contributed by atoms with Gasteiger partial charge in [0.25, 0.3) is 0 Å². The minimum absolute atomic E-state index is 0.113. The molecule has 0 amide bonds. The number of rotatable bonds is 4. The Morgan fingerprint density at radius 1 is 1.73 bits per heavy atom. The zero-order chi connectivity index (χ0) is 8.91. The number of halogens is 1. The van der Waals surface area contributed by atoms with Crippen LogP contribution in [0.3, 0.4) is 0 Å². The van der Waals surface area contributed by atoms with Crippen molar-refractivity contribution in [2.45, 2.75) is 19.4 Å². The summed E-state index contributed by atoms with van der Waals surface area (Å²) >= 11 is 2.84. The van der Waals surface area contributed by atoms with Crippen LogP contribution in [0.15, 0.2) is 0 Å². The van der Waals surface area contributed by atoms with Crippen molar-refractivity contribution >= 4 is 26.0 Å². The first-order valence-corrected chi connectivity index (χ1v) is 5.85. The normalized spacial score (nSPS) is 13.9. The molecular weight excluding hydrogens is 230 g/mol. The van der Waals surface area contributed by atoms with E-state index in [-0.39, 0.29) is 4.66 Å². The van der Waals surface area contributed by atoms with Crippen LogP contribution in [-0.2, 0) is 10.0 Å². The summed E-state index contributed by atoms with van der Waals surface area (Å²) in [7, 11) is -3.22. The Kier molecular flexibility index (Phi) is 4.73. The topological polar surface area (TPSA) is 46.2 Å².